The van der Waals surface area contributed by atoms with E-state index in [1.165, 1.54) is 23.6 Å². The summed E-state index contributed by atoms with van der Waals surface area (Å²) in [5, 5.41) is 2.65. The van der Waals surface area contributed by atoms with Gasteiger partial charge < -0.3 is 0 Å². The summed E-state index contributed by atoms with van der Waals surface area (Å²) in [7, 11) is -3.48. The second kappa shape index (κ2) is 6.19. The molecule has 0 radical (unpaired) electrons. The van der Waals surface area contributed by atoms with E-state index in [9.17, 15) is 12.8 Å². The molecule has 0 saturated heterocycles. The molecule has 0 aromatic carbocycles. The number of aryl methyl sites for hydroxylation is 1. The van der Waals surface area contributed by atoms with Gasteiger partial charge in [0.05, 0.1) is 22.2 Å². The monoisotopic (exact) mass is 328 g/mol. The van der Waals surface area contributed by atoms with E-state index in [-0.39, 0.29) is 23.0 Å². The third-order valence-electron chi connectivity index (χ3n) is 2.86. The normalized spacial score (nSPS) is 12.0. The molecule has 2 rings (SSSR count). The van der Waals surface area contributed by atoms with Crippen LogP contribution in [-0.2, 0) is 21.3 Å². The van der Waals surface area contributed by atoms with Gasteiger partial charge in [0.25, 0.3) is 0 Å². The lowest BCUT2D eigenvalue weighted by molar-refractivity contribution is 0.563. The van der Waals surface area contributed by atoms with Crippen molar-refractivity contribution in [2.75, 3.05) is 0 Å². The number of hydrogen-bond donors (Lipinski definition) is 0. The van der Waals surface area contributed by atoms with Crippen LogP contribution >= 0.6 is 11.3 Å². The maximum absolute atomic E-state index is 13.6. The average molecular weight is 328 g/mol. The summed E-state index contributed by atoms with van der Waals surface area (Å²) >= 11 is 1.45. The van der Waals surface area contributed by atoms with E-state index in [1.807, 2.05) is 13.8 Å². The smallest absolute Gasteiger partial charge is 0.217 e. The van der Waals surface area contributed by atoms with E-state index in [1.54, 1.807) is 12.3 Å². The van der Waals surface area contributed by atoms with Crippen molar-refractivity contribution in [2.24, 2.45) is 0 Å². The van der Waals surface area contributed by atoms with Crippen molar-refractivity contribution in [3.05, 3.63) is 45.4 Å². The van der Waals surface area contributed by atoms with Gasteiger partial charge in [0.2, 0.25) is 5.95 Å². The molecule has 4 nitrogen and oxygen atoms in total. The first-order valence-electron chi connectivity index (χ1n) is 6.52. The van der Waals surface area contributed by atoms with E-state index in [4.69, 9.17) is 0 Å². The van der Waals surface area contributed by atoms with Crippen LogP contribution in [0.1, 0.15) is 41.6 Å². The standard InChI is InChI=1S/C14H17FN2O2S2/c1-9(2)14-17-12(6-20-14)8-21(18,19)7-11-4-10(3)5-16-13(11)15/h4-6,9H,7-8H2,1-3H3. The highest BCUT2D eigenvalue weighted by Crippen LogP contribution is 2.21. The minimum atomic E-state index is -3.48. The molecule has 0 aliphatic rings. The summed E-state index contributed by atoms with van der Waals surface area (Å²) in [5.41, 5.74) is 1.36. The average Bonchev–Trinajstić information content (AvgIpc) is 2.81. The number of nitrogens with zero attached hydrogens (tertiary/aromatic N) is 2. The largest absolute Gasteiger partial charge is 0.245 e. The molecule has 2 aromatic rings. The van der Waals surface area contributed by atoms with Crippen LogP contribution in [0.3, 0.4) is 0 Å². The third kappa shape index (κ3) is 4.31. The van der Waals surface area contributed by atoms with Crippen LogP contribution in [0.5, 0.6) is 0 Å². The molecule has 0 bridgehead atoms. The van der Waals surface area contributed by atoms with Gasteiger partial charge in [-0.1, -0.05) is 13.8 Å². The quantitative estimate of drug-likeness (QED) is 0.791. The number of halogens is 1. The molecule has 0 aliphatic carbocycles. The molecule has 7 heteroatoms. The molecule has 0 spiro atoms. The van der Waals surface area contributed by atoms with Crippen LogP contribution < -0.4 is 0 Å². The van der Waals surface area contributed by atoms with Crippen LogP contribution in [0, 0.1) is 12.9 Å². The number of aromatic nitrogens is 2. The summed E-state index contributed by atoms with van der Waals surface area (Å²) in [5.74, 6) is -0.999. The fraction of sp³-hybridized carbons (Fsp3) is 0.429. The first-order chi connectivity index (χ1) is 9.77. The van der Waals surface area contributed by atoms with Crippen LogP contribution in [0.4, 0.5) is 4.39 Å². The van der Waals surface area contributed by atoms with Gasteiger partial charge in [-0.3, -0.25) is 0 Å². The van der Waals surface area contributed by atoms with Crippen molar-refractivity contribution in [3.63, 3.8) is 0 Å². The molecule has 2 aromatic heterocycles. The van der Waals surface area contributed by atoms with Crippen molar-refractivity contribution < 1.29 is 12.8 Å². The lowest BCUT2D eigenvalue weighted by Crippen LogP contribution is -2.10. The lowest BCUT2D eigenvalue weighted by Gasteiger charge is -2.05. The van der Waals surface area contributed by atoms with Crippen LogP contribution in [0.25, 0.3) is 0 Å². The molecule has 0 saturated carbocycles. The second-order valence-electron chi connectivity index (χ2n) is 5.33. The van der Waals surface area contributed by atoms with Crippen molar-refractivity contribution in [1.29, 1.82) is 0 Å². The Balaban J connectivity index is 2.16. The van der Waals surface area contributed by atoms with E-state index < -0.39 is 15.8 Å². The first-order valence-corrected chi connectivity index (χ1v) is 9.22. The Morgan fingerprint density at radius 2 is 2.05 bits per heavy atom. The number of sulfone groups is 1. The fourth-order valence-corrected chi connectivity index (χ4v) is 4.20. The second-order valence-corrected chi connectivity index (χ2v) is 8.28. The zero-order valence-corrected chi connectivity index (χ0v) is 13.8. The molecule has 114 valence electrons. The highest BCUT2D eigenvalue weighted by atomic mass is 32.2. The van der Waals surface area contributed by atoms with Gasteiger partial charge in [0, 0.05) is 23.1 Å². The Hall–Kier alpha value is -1.34. The van der Waals surface area contributed by atoms with E-state index in [0.29, 0.717) is 5.69 Å². The Labute approximate surface area is 128 Å². The Morgan fingerprint density at radius 3 is 2.67 bits per heavy atom. The number of hydrogen-bond acceptors (Lipinski definition) is 5. The molecule has 21 heavy (non-hydrogen) atoms. The summed E-state index contributed by atoms with van der Waals surface area (Å²) < 4.78 is 37.9. The SMILES string of the molecule is Cc1cnc(F)c(CS(=O)(=O)Cc2csc(C(C)C)n2)c1. The van der Waals surface area contributed by atoms with Gasteiger partial charge >= 0.3 is 0 Å². The molecule has 0 N–H and O–H groups in total. The van der Waals surface area contributed by atoms with Gasteiger partial charge in [0.1, 0.15) is 0 Å². The third-order valence-corrected chi connectivity index (χ3v) is 5.54. The van der Waals surface area contributed by atoms with E-state index in [0.717, 1.165) is 10.6 Å². The molecule has 0 amide bonds. The highest BCUT2D eigenvalue weighted by Gasteiger charge is 2.18. The van der Waals surface area contributed by atoms with Gasteiger partial charge in [0.15, 0.2) is 9.84 Å². The van der Waals surface area contributed by atoms with Gasteiger partial charge in [-0.2, -0.15) is 4.39 Å². The van der Waals surface area contributed by atoms with Crippen LogP contribution in [-0.4, -0.2) is 18.4 Å². The molecule has 0 fully saturated rings. The predicted molar refractivity (Wildman–Crippen MR) is 81.5 cm³/mol. The van der Waals surface area contributed by atoms with Crippen molar-refractivity contribution >= 4 is 21.2 Å². The molecule has 0 aliphatic heterocycles. The predicted octanol–water partition coefficient (Wildman–Crippen LogP) is 3.22. The highest BCUT2D eigenvalue weighted by molar-refractivity contribution is 7.89. The minimum Gasteiger partial charge on any atom is -0.245 e. The number of thiazole rings is 1. The van der Waals surface area contributed by atoms with E-state index >= 15 is 0 Å². The minimum absolute atomic E-state index is 0.106. The van der Waals surface area contributed by atoms with Crippen molar-refractivity contribution in [2.45, 2.75) is 38.2 Å². The zero-order chi connectivity index (χ0) is 15.6. The molecule has 0 unspecified atom stereocenters. The lowest BCUT2D eigenvalue weighted by atomic mass is 10.2. The Kier molecular flexibility index (Phi) is 4.73. The molecular formula is C14H17FN2O2S2. The summed E-state index contributed by atoms with van der Waals surface area (Å²) in [6.45, 7) is 5.76. The Bertz CT molecular complexity index is 739. The zero-order valence-electron chi connectivity index (χ0n) is 12.1. The summed E-state index contributed by atoms with van der Waals surface area (Å²) in [4.78, 5) is 7.86. The molecule has 2 heterocycles. The fourth-order valence-electron chi connectivity index (χ4n) is 1.88. The molecule has 0 atom stereocenters. The number of pyridine rings is 1. The molecular weight excluding hydrogens is 311 g/mol. The maximum Gasteiger partial charge on any atom is 0.217 e. The van der Waals surface area contributed by atoms with Gasteiger partial charge in [-0.15, -0.1) is 11.3 Å². The van der Waals surface area contributed by atoms with E-state index in [2.05, 4.69) is 9.97 Å². The first kappa shape index (κ1) is 16.0. The van der Waals surface area contributed by atoms with Crippen LogP contribution in [0.2, 0.25) is 0 Å². The van der Waals surface area contributed by atoms with Crippen molar-refractivity contribution in [1.82, 2.24) is 9.97 Å². The summed E-state index contributed by atoms with van der Waals surface area (Å²) in [6.07, 6.45) is 1.38. The van der Waals surface area contributed by atoms with Crippen molar-refractivity contribution in [3.8, 4) is 0 Å². The summed E-state index contributed by atoms with van der Waals surface area (Å²) in [6, 6.07) is 1.51. The van der Waals surface area contributed by atoms with Gasteiger partial charge in [-0.25, -0.2) is 18.4 Å². The number of rotatable bonds is 5. The Morgan fingerprint density at radius 1 is 1.33 bits per heavy atom. The van der Waals surface area contributed by atoms with Gasteiger partial charge in [-0.05, 0) is 18.6 Å². The maximum atomic E-state index is 13.6. The van der Waals surface area contributed by atoms with Crippen LogP contribution in [0.15, 0.2) is 17.6 Å². The topological polar surface area (TPSA) is 59.9 Å².